The van der Waals surface area contributed by atoms with Crippen molar-refractivity contribution >= 4 is 57.2 Å². The van der Waals surface area contributed by atoms with Gasteiger partial charge in [-0.15, -0.1) is 0 Å². The molecule has 0 radical (unpaired) electrons. The quantitative estimate of drug-likeness (QED) is 0.130. The number of aromatic amines is 2. The van der Waals surface area contributed by atoms with Gasteiger partial charge in [-0.2, -0.15) is 0 Å². The number of nitrogens with zero attached hydrogens (tertiary/aromatic N) is 12. The Balaban J connectivity index is 0.000000151. The molecule has 2 unspecified atom stereocenters. The molecule has 6 aliphatic rings. The van der Waals surface area contributed by atoms with Crippen molar-refractivity contribution < 1.29 is 18.5 Å². The Labute approximate surface area is 472 Å². The van der Waals surface area contributed by atoms with Crippen LogP contribution in [0.3, 0.4) is 0 Å². The van der Waals surface area contributed by atoms with Gasteiger partial charge in [-0.3, -0.25) is 29.0 Å². The van der Waals surface area contributed by atoms with Crippen LogP contribution in [0.2, 0.25) is 10.0 Å². The van der Waals surface area contributed by atoms with E-state index < -0.39 is 11.5 Å². The van der Waals surface area contributed by atoms with E-state index in [2.05, 4.69) is 76.9 Å². The van der Waals surface area contributed by atoms with Crippen LogP contribution in [0.1, 0.15) is 130 Å². The molecule has 6 fully saturated rings. The number of imidazole rings is 2. The molecule has 0 aromatic carbocycles. The largest absolute Gasteiger partial charge is 0.439 e. The Bertz CT molecular complexity index is 3410. The minimum atomic E-state index is -0.630. The number of rotatable bonds is 10. The van der Waals surface area contributed by atoms with Crippen LogP contribution in [-0.4, -0.2) is 110 Å². The third-order valence-electron chi connectivity index (χ3n) is 18.4. The summed E-state index contributed by atoms with van der Waals surface area (Å²) in [4.78, 5) is 63.3. The molecule has 80 heavy (non-hydrogen) atoms. The first-order valence-electron chi connectivity index (χ1n) is 28.9. The van der Waals surface area contributed by atoms with Crippen LogP contribution in [0.4, 0.5) is 11.9 Å². The van der Waals surface area contributed by atoms with Gasteiger partial charge in [0.2, 0.25) is 23.5 Å². The minimum absolute atomic E-state index is 0.209. The standard InChI is InChI=1S/2C29H34ClN7O3/c2*1-16-6-8-18(9-7-16)17(2)37-26-21(33-28(37)36-10-11-39-24-5-3-4-23(24)36)13-22(27-34-29(38)40-35-27)32-25(26)19-12-20(30)15-31-14-19/h2*12-18,23-24H,3-11H2,1-2H3,(H,34,35,38)/t2*16?,17?,18?,23-,24-/m11/s1. The summed E-state index contributed by atoms with van der Waals surface area (Å²) in [5, 5.41) is 8.88. The van der Waals surface area contributed by atoms with Crippen LogP contribution >= 0.6 is 23.2 Å². The van der Waals surface area contributed by atoms with Crippen molar-refractivity contribution in [3.05, 3.63) is 80.2 Å². The lowest BCUT2D eigenvalue weighted by Gasteiger charge is -2.40. The van der Waals surface area contributed by atoms with E-state index in [0.717, 1.165) is 109 Å². The van der Waals surface area contributed by atoms with E-state index >= 15 is 0 Å². The van der Waals surface area contributed by atoms with Crippen molar-refractivity contribution in [2.45, 2.75) is 154 Å². The summed E-state index contributed by atoms with van der Waals surface area (Å²) in [6.45, 7) is 12.4. The number of morpholine rings is 2. The predicted octanol–water partition coefficient (Wildman–Crippen LogP) is 11.3. The number of pyridine rings is 4. The van der Waals surface area contributed by atoms with Crippen molar-refractivity contribution in [3.63, 3.8) is 0 Å². The first-order valence-corrected chi connectivity index (χ1v) is 29.6. The van der Waals surface area contributed by atoms with Gasteiger partial charge in [0.25, 0.3) is 0 Å². The van der Waals surface area contributed by atoms with E-state index in [-0.39, 0.29) is 35.9 Å². The zero-order valence-electron chi connectivity index (χ0n) is 45.7. The van der Waals surface area contributed by atoms with Crippen LogP contribution in [0.25, 0.3) is 67.6 Å². The highest BCUT2D eigenvalue weighted by Crippen LogP contribution is 2.46. The highest BCUT2D eigenvalue weighted by Gasteiger charge is 2.42. The number of aromatic nitrogens is 12. The normalized spacial score (nSPS) is 25.8. The average Bonchev–Trinajstić information content (AvgIpc) is 4.51. The molecule has 420 valence electrons. The highest BCUT2D eigenvalue weighted by atomic mass is 35.5. The summed E-state index contributed by atoms with van der Waals surface area (Å²) in [6.07, 6.45) is 23.7. The number of ether oxygens (including phenoxy) is 2. The van der Waals surface area contributed by atoms with E-state index in [1.807, 2.05) is 24.3 Å². The van der Waals surface area contributed by atoms with E-state index in [4.69, 9.17) is 61.7 Å². The Morgan fingerprint density at radius 3 is 1.36 bits per heavy atom. The first kappa shape index (κ1) is 52.9. The summed E-state index contributed by atoms with van der Waals surface area (Å²) in [5.74, 6) is 3.78. The highest BCUT2D eigenvalue weighted by molar-refractivity contribution is 6.31. The van der Waals surface area contributed by atoms with E-state index in [9.17, 15) is 9.59 Å². The molecule has 22 heteroatoms. The van der Waals surface area contributed by atoms with Gasteiger partial charge < -0.3 is 28.4 Å². The van der Waals surface area contributed by atoms with Gasteiger partial charge in [-0.1, -0.05) is 73.0 Å². The van der Waals surface area contributed by atoms with Crippen LogP contribution in [-0.2, 0) is 9.47 Å². The topological polar surface area (TPSA) is 230 Å². The number of nitrogens with one attached hydrogen (secondary N) is 2. The second kappa shape index (κ2) is 22.1. The third kappa shape index (κ3) is 10.1. The molecule has 2 aliphatic heterocycles. The number of H-pyrrole nitrogens is 2. The average molecular weight is 1130 g/mol. The third-order valence-corrected chi connectivity index (χ3v) is 18.8. The minimum Gasteiger partial charge on any atom is -0.374 e. The second-order valence-electron chi connectivity index (χ2n) is 23.4. The molecule has 10 heterocycles. The molecular formula is C58H68Cl2N14O6. The number of fused-ring (bicyclic) bond motifs is 4. The molecule has 4 saturated carbocycles. The molecule has 2 N–H and O–H groups in total. The lowest BCUT2D eigenvalue weighted by atomic mass is 9.79. The fourth-order valence-electron chi connectivity index (χ4n) is 14.1. The molecular weight excluding hydrogens is 1060 g/mol. The van der Waals surface area contributed by atoms with Gasteiger partial charge in [-0.05, 0) is 126 Å². The van der Waals surface area contributed by atoms with Crippen molar-refractivity contribution in [2.75, 3.05) is 36.1 Å². The van der Waals surface area contributed by atoms with Crippen molar-refractivity contribution in [2.24, 2.45) is 23.7 Å². The van der Waals surface area contributed by atoms with E-state index in [1.54, 1.807) is 24.8 Å². The molecule has 8 aromatic heterocycles. The van der Waals surface area contributed by atoms with Gasteiger partial charge in [0.15, 0.2) is 0 Å². The van der Waals surface area contributed by atoms with E-state index in [0.29, 0.717) is 70.0 Å². The summed E-state index contributed by atoms with van der Waals surface area (Å²) in [5.41, 5.74) is 7.39. The smallest absolute Gasteiger partial charge is 0.374 e. The summed E-state index contributed by atoms with van der Waals surface area (Å²) in [7, 11) is 0. The molecule has 2 saturated heterocycles. The van der Waals surface area contributed by atoms with Gasteiger partial charge in [-0.25, -0.2) is 29.5 Å². The van der Waals surface area contributed by atoms with Crippen LogP contribution < -0.4 is 21.3 Å². The number of hydrogen-bond donors (Lipinski definition) is 2. The number of anilines is 2. The second-order valence-corrected chi connectivity index (χ2v) is 24.3. The molecule has 0 spiro atoms. The number of halogens is 2. The van der Waals surface area contributed by atoms with Crippen LogP contribution in [0.15, 0.2) is 67.7 Å². The SMILES string of the molecule is CC1CCC(C(C)n2c(N3CCO[C@@H]4CCC[C@H]43)nc3cc(-c4noc(=O)[nH]4)nc(-c4cncc(Cl)c4)c32)CC1.CC1CCC(C(C)n2c(N3CCO[C@@H]4CCC[C@H]43)nc3cc(-c4noc(=O)[nH]4)nc(-c4cncc(Cl)c4)c32)CC1. The van der Waals surface area contributed by atoms with Crippen molar-refractivity contribution in [1.82, 2.24) is 59.3 Å². The van der Waals surface area contributed by atoms with Crippen LogP contribution in [0, 0.1) is 23.7 Å². The molecule has 6 atom stereocenters. The summed E-state index contributed by atoms with van der Waals surface area (Å²) >= 11 is 12.8. The lowest BCUT2D eigenvalue weighted by Crippen LogP contribution is -2.50. The Morgan fingerprint density at radius 2 is 0.975 bits per heavy atom. The molecule has 14 rings (SSSR count). The van der Waals surface area contributed by atoms with Gasteiger partial charge >= 0.3 is 11.5 Å². The lowest BCUT2D eigenvalue weighted by molar-refractivity contribution is 0.0244. The summed E-state index contributed by atoms with van der Waals surface area (Å²) in [6, 6.07) is 8.56. The van der Waals surface area contributed by atoms with Gasteiger partial charge in [0.1, 0.15) is 11.4 Å². The van der Waals surface area contributed by atoms with Gasteiger partial charge in [0.05, 0.1) is 81.0 Å². The predicted molar refractivity (Wildman–Crippen MR) is 305 cm³/mol. The van der Waals surface area contributed by atoms with Crippen LogP contribution in [0.5, 0.6) is 0 Å². The maximum Gasteiger partial charge on any atom is 0.439 e. The molecule has 20 nitrogen and oxygen atoms in total. The maximum absolute atomic E-state index is 11.8. The Kier molecular flexibility index (Phi) is 14.6. The Hall–Kier alpha value is -6.48. The van der Waals surface area contributed by atoms with E-state index in [1.165, 1.54) is 51.4 Å². The molecule has 0 bridgehead atoms. The fourth-order valence-corrected chi connectivity index (χ4v) is 14.5. The summed E-state index contributed by atoms with van der Waals surface area (Å²) < 4.78 is 26.8. The monoisotopic (exact) mass is 1130 g/mol. The Morgan fingerprint density at radius 1 is 0.550 bits per heavy atom. The van der Waals surface area contributed by atoms with Gasteiger partial charge in [0, 0.05) is 61.1 Å². The number of hydrogen-bond acceptors (Lipinski definition) is 16. The zero-order valence-corrected chi connectivity index (χ0v) is 47.2. The van der Waals surface area contributed by atoms with Crippen molar-refractivity contribution in [3.8, 4) is 45.6 Å². The molecule has 0 amide bonds. The molecule has 8 aromatic rings. The van der Waals surface area contributed by atoms with Crippen molar-refractivity contribution in [1.29, 1.82) is 0 Å². The fraction of sp³-hybridized carbons (Fsp3) is 0.552. The first-order chi connectivity index (χ1) is 38.9. The molecule has 4 aliphatic carbocycles. The maximum atomic E-state index is 11.8. The zero-order chi connectivity index (χ0) is 54.8.